The first-order valence-corrected chi connectivity index (χ1v) is 15.5. The van der Waals surface area contributed by atoms with Crippen LogP contribution in [-0.4, -0.2) is 98.7 Å². The van der Waals surface area contributed by atoms with E-state index in [1.165, 1.54) is 6.07 Å². The number of fused-ring (bicyclic) bond motifs is 4. The van der Waals surface area contributed by atoms with Crippen LogP contribution in [0.25, 0.3) is 27.4 Å². The third-order valence-corrected chi connectivity index (χ3v) is 8.63. The quantitative estimate of drug-likeness (QED) is 0.216. The average molecular weight is 601 g/mol. The Morgan fingerprint density at radius 2 is 1.77 bits per heavy atom. The topological polar surface area (TPSA) is 82.1 Å². The normalized spacial score (nSPS) is 15.0. The largest absolute Gasteiger partial charge is 0.450 e. The molecule has 4 aromatic rings. The van der Waals surface area contributed by atoms with Crippen molar-refractivity contribution in [2.24, 2.45) is 0 Å². The number of unbranched alkanes of at least 4 members (excludes halogenated alkanes) is 1. The molecule has 0 atom stereocenters. The van der Waals surface area contributed by atoms with Crippen LogP contribution in [-0.2, 0) is 0 Å². The molecule has 2 aliphatic rings. The zero-order valence-electron chi connectivity index (χ0n) is 25.8. The Hall–Kier alpha value is -3.99. The highest BCUT2D eigenvalue weighted by Gasteiger charge is 2.29. The number of hydrogen-bond acceptors (Lipinski definition) is 7. The van der Waals surface area contributed by atoms with Crippen LogP contribution in [0.4, 0.5) is 10.1 Å². The molecule has 1 saturated heterocycles. The fraction of sp³-hybridized carbons (Fsp3) is 0.412. The third-order valence-electron chi connectivity index (χ3n) is 8.63. The summed E-state index contributed by atoms with van der Waals surface area (Å²) in [6.07, 6.45) is 4.16. The Kier molecular flexibility index (Phi) is 8.83. The van der Waals surface area contributed by atoms with Crippen molar-refractivity contribution in [3.63, 3.8) is 0 Å². The second-order valence-corrected chi connectivity index (χ2v) is 12.1. The van der Waals surface area contributed by atoms with Gasteiger partial charge in [0.15, 0.2) is 17.3 Å². The number of ether oxygens (including phenoxy) is 1. The molecule has 0 bridgehead atoms. The number of likely N-dealkylation sites (N-methyl/N-ethyl adjacent to an activating group) is 1. The van der Waals surface area contributed by atoms with Gasteiger partial charge in [0.2, 0.25) is 5.43 Å². The molecular formula is C34H41FN6O3. The van der Waals surface area contributed by atoms with E-state index in [0.717, 1.165) is 69.3 Å². The second-order valence-electron chi connectivity index (χ2n) is 12.1. The Morgan fingerprint density at radius 3 is 2.57 bits per heavy atom. The monoisotopic (exact) mass is 600 g/mol. The molecule has 1 fully saturated rings. The van der Waals surface area contributed by atoms with E-state index in [1.54, 1.807) is 6.20 Å². The number of halogens is 1. The second kappa shape index (κ2) is 12.9. The van der Waals surface area contributed by atoms with Crippen molar-refractivity contribution in [2.75, 3.05) is 78.8 Å². The highest BCUT2D eigenvalue weighted by Crippen LogP contribution is 2.47. The standard InChI is InChI=1S/C34H41FN6O3/c1-38(2)15-7-6-13-36-29-27(35)21-25-30-33(29)44-32-24-10-5-4-9-23(24)11-12-28(32)41(30)22-26(31(25)42)34(43)37-14-8-16-40-19-17-39(3)18-20-40/h4-5,9-12,21-22,36H,6-8,13-20H2,1-3H3,(H,37,43). The number of aromatic nitrogens is 1. The Bertz CT molecular complexity index is 1750. The number of nitrogens with one attached hydrogen (secondary N) is 2. The molecule has 0 saturated carbocycles. The van der Waals surface area contributed by atoms with E-state index in [1.807, 2.05) is 55.1 Å². The van der Waals surface area contributed by atoms with Crippen LogP contribution in [0.15, 0.2) is 53.5 Å². The lowest BCUT2D eigenvalue weighted by molar-refractivity contribution is 0.0948. The molecule has 3 heterocycles. The van der Waals surface area contributed by atoms with Crippen molar-refractivity contribution in [1.29, 1.82) is 0 Å². The van der Waals surface area contributed by atoms with Gasteiger partial charge >= 0.3 is 0 Å². The highest BCUT2D eigenvalue weighted by molar-refractivity contribution is 6.03. The van der Waals surface area contributed by atoms with E-state index >= 15 is 4.39 Å². The number of nitrogens with zero attached hydrogens (tertiary/aromatic N) is 4. The van der Waals surface area contributed by atoms with Crippen LogP contribution in [0, 0.1) is 5.82 Å². The minimum Gasteiger partial charge on any atom is -0.450 e. The summed E-state index contributed by atoms with van der Waals surface area (Å²) in [5, 5.41) is 8.12. The molecule has 0 aliphatic carbocycles. The molecule has 0 unspecified atom stereocenters. The first-order chi connectivity index (χ1) is 21.3. The Labute approximate surface area is 257 Å². The van der Waals surface area contributed by atoms with Gasteiger partial charge in [0.05, 0.1) is 11.1 Å². The molecule has 6 rings (SSSR count). The third kappa shape index (κ3) is 6.02. The highest BCUT2D eigenvalue weighted by atomic mass is 19.1. The summed E-state index contributed by atoms with van der Waals surface area (Å²) in [4.78, 5) is 34.0. The SMILES string of the molecule is CN(C)CCCCNc1c(F)cc2c(=O)c(C(=O)NCCCN3CCN(C)CC3)cn3c2c1Oc1c-3ccc2ccccc12. The summed E-state index contributed by atoms with van der Waals surface area (Å²) < 4.78 is 24.1. The number of pyridine rings is 1. The number of benzene rings is 3. The number of piperazine rings is 1. The predicted molar refractivity (Wildman–Crippen MR) is 174 cm³/mol. The van der Waals surface area contributed by atoms with E-state index in [-0.39, 0.29) is 22.4 Å². The molecule has 1 amide bonds. The van der Waals surface area contributed by atoms with E-state index in [2.05, 4.69) is 32.4 Å². The molecule has 2 N–H and O–H groups in total. The van der Waals surface area contributed by atoms with Gasteiger partial charge in [-0.15, -0.1) is 0 Å². The number of anilines is 1. The van der Waals surface area contributed by atoms with E-state index < -0.39 is 17.2 Å². The summed E-state index contributed by atoms with van der Waals surface area (Å²) in [7, 11) is 6.18. The lowest BCUT2D eigenvalue weighted by atomic mass is 10.0. The van der Waals surface area contributed by atoms with E-state index in [9.17, 15) is 9.59 Å². The van der Waals surface area contributed by atoms with Crippen molar-refractivity contribution in [1.82, 2.24) is 24.6 Å². The van der Waals surface area contributed by atoms with Gasteiger partial charge in [0, 0.05) is 50.9 Å². The smallest absolute Gasteiger partial charge is 0.256 e. The van der Waals surface area contributed by atoms with Gasteiger partial charge in [0.1, 0.15) is 16.8 Å². The van der Waals surface area contributed by atoms with Crippen molar-refractivity contribution < 1.29 is 13.9 Å². The lowest BCUT2D eigenvalue weighted by Gasteiger charge is -2.32. The number of carbonyl (C=O) groups is 1. The number of carbonyl (C=O) groups excluding carboxylic acids is 1. The summed E-state index contributed by atoms with van der Waals surface area (Å²) in [5.74, 6) is -0.233. The van der Waals surface area contributed by atoms with Crippen LogP contribution in [0.5, 0.6) is 11.5 Å². The van der Waals surface area contributed by atoms with Gasteiger partial charge in [-0.1, -0.05) is 30.3 Å². The maximum absolute atomic E-state index is 15.8. The molecule has 232 valence electrons. The molecule has 1 aromatic heterocycles. The van der Waals surface area contributed by atoms with E-state index in [0.29, 0.717) is 30.0 Å². The van der Waals surface area contributed by atoms with E-state index in [4.69, 9.17) is 4.74 Å². The summed E-state index contributed by atoms with van der Waals surface area (Å²) in [6.45, 7) is 6.91. The maximum Gasteiger partial charge on any atom is 0.256 e. The fourth-order valence-corrected chi connectivity index (χ4v) is 6.11. The van der Waals surface area contributed by atoms with Gasteiger partial charge in [-0.2, -0.15) is 0 Å². The summed E-state index contributed by atoms with van der Waals surface area (Å²) >= 11 is 0. The molecule has 10 heteroatoms. The molecule has 44 heavy (non-hydrogen) atoms. The predicted octanol–water partition coefficient (Wildman–Crippen LogP) is 4.51. The molecule has 3 aromatic carbocycles. The molecular weight excluding hydrogens is 559 g/mol. The van der Waals surface area contributed by atoms with Crippen LogP contribution in [0.3, 0.4) is 0 Å². The van der Waals surface area contributed by atoms with Gasteiger partial charge in [-0.05, 0) is 71.0 Å². The van der Waals surface area contributed by atoms with Crippen LogP contribution < -0.4 is 20.8 Å². The maximum atomic E-state index is 15.8. The van der Waals surface area contributed by atoms with Gasteiger partial charge in [0.25, 0.3) is 5.91 Å². The van der Waals surface area contributed by atoms with Crippen molar-refractivity contribution >= 4 is 33.3 Å². The first kappa shape index (κ1) is 30.1. The number of amides is 1. The first-order valence-electron chi connectivity index (χ1n) is 15.5. The van der Waals surface area contributed by atoms with Crippen molar-refractivity contribution in [2.45, 2.75) is 19.3 Å². The zero-order valence-corrected chi connectivity index (χ0v) is 25.8. The van der Waals surface area contributed by atoms with Crippen LogP contribution in [0.2, 0.25) is 0 Å². The molecule has 9 nitrogen and oxygen atoms in total. The number of rotatable bonds is 11. The van der Waals surface area contributed by atoms with Gasteiger partial charge in [-0.25, -0.2) is 4.39 Å². The van der Waals surface area contributed by atoms with Gasteiger partial charge in [-0.3, -0.25) is 9.59 Å². The fourth-order valence-electron chi connectivity index (χ4n) is 6.11. The molecule has 2 aliphatic heterocycles. The Balaban J connectivity index is 1.34. The summed E-state index contributed by atoms with van der Waals surface area (Å²) in [5.41, 5.74) is 0.817. The minimum atomic E-state index is -0.586. The molecule has 0 spiro atoms. The number of hydrogen-bond donors (Lipinski definition) is 2. The zero-order chi connectivity index (χ0) is 30.8. The Morgan fingerprint density at radius 1 is 0.977 bits per heavy atom. The van der Waals surface area contributed by atoms with Gasteiger partial charge < -0.3 is 34.6 Å². The molecule has 0 radical (unpaired) electrons. The van der Waals surface area contributed by atoms with Crippen LogP contribution >= 0.6 is 0 Å². The summed E-state index contributed by atoms with van der Waals surface area (Å²) in [6, 6.07) is 13.0. The minimum absolute atomic E-state index is 0.0205. The van der Waals surface area contributed by atoms with Crippen LogP contribution in [0.1, 0.15) is 29.6 Å². The van der Waals surface area contributed by atoms with Crippen molar-refractivity contribution in [3.05, 3.63) is 70.3 Å². The average Bonchev–Trinajstić information content (AvgIpc) is 3.02. The lowest BCUT2D eigenvalue weighted by Crippen LogP contribution is -2.45. The van der Waals surface area contributed by atoms with Crippen molar-refractivity contribution in [3.8, 4) is 17.2 Å².